The van der Waals surface area contributed by atoms with Gasteiger partial charge in [0.25, 0.3) is 10.1 Å². The van der Waals surface area contributed by atoms with Crippen molar-refractivity contribution in [2.75, 3.05) is 0 Å². The van der Waals surface area contributed by atoms with Crippen LogP contribution >= 0.6 is 0 Å². The highest BCUT2D eigenvalue weighted by Crippen LogP contribution is 2.00. The minimum absolute atomic E-state index is 0.159. The number of aliphatic hydroxyl groups is 1. The Morgan fingerprint density at radius 1 is 1.60 bits per heavy atom. The van der Waals surface area contributed by atoms with Crippen molar-refractivity contribution in [1.82, 2.24) is 0 Å². The van der Waals surface area contributed by atoms with Gasteiger partial charge in [0.15, 0.2) is 0 Å². The lowest BCUT2D eigenvalue weighted by atomic mass is 10.3. The molecule has 0 radical (unpaired) electrons. The Balaban J connectivity index is 4.49. The summed E-state index contributed by atoms with van der Waals surface area (Å²) in [6.07, 6.45) is 1.60. The van der Waals surface area contributed by atoms with E-state index >= 15 is 0 Å². The summed E-state index contributed by atoms with van der Waals surface area (Å²) in [5, 5.41) is 6.83. The summed E-state index contributed by atoms with van der Waals surface area (Å²) < 4.78 is 29.0. The zero-order valence-corrected chi connectivity index (χ0v) is 6.22. The fraction of sp³-hybridized carbons (Fsp3) is 0.600. The first kappa shape index (κ1) is 9.27. The average molecular weight is 164 g/mol. The third-order valence-corrected chi connectivity index (χ3v) is 2.13. The van der Waals surface area contributed by atoms with Crippen LogP contribution in [0, 0.1) is 12.0 Å². The molecule has 0 aromatic rings. The molecule has 2 N–H and O–H groups in total. The molecule has 0 aliphatic heterocycles. The molecule has 1 atom stereocenters. The van der Waals surface area contributed by atoms with Crippen molar-refractivity contribution in [3.05, 3.63) is 0 Å². The molecule has 0 amide bonds. The Labute approximate surface area is 59.6 Å². The molecule has 0 aromatic heterocycles. The van der Waals surface area contributed by atoms with Crippen molar-refractivity contribution < 1.29 is 18.1 Å². The Morgan fingerprint density at radius 2 is 2.10 bits per heavy atom. The molecule has 1 unspecified atom stereocenters. The normalized spacial score (nSPS) is 13.4. The molecule has 5 heteroatoms. The first-order valence-corrected chi connectivity index (χ1v) is 4.13. The summed E-state index contributed by atoms with van der Waals surface area (Å²) in [4.78, 5) is 0. The quantitative estimate of drug-likeness (QED) is 0.444. The van der Waals surface area contributed by atoms with E-state index in [0.29, 0.717) is 0 Å². The summed E-state index contributed by atoms with van der Waals surface area (Å²) in [5.41, 5.74) is 0. The van der Waals surface area contributed by atoms with Crippen LogP contribution in [0.1, 0.15) is 13.3 Å². The topological polar surface area (TPSA) is 74.6 Å². The second-order valence-corrected chi connectivity index (χ2v) is 3.27. The highest BCUT2D eigenvalue weighted by atomic mass is 32.2. The van der Waals surface area contributed by atoms with E-state index in [1.807, 2.05) is 5.92 Å². The van der Waals surface area contributed by atoms with Crippen LogP contribution in [0.15, 0.2) is 0 Å². The molecule has 0 bridgehead atoms. The molecule has 58 valence electrons. The fourth-order valence-corrected chi connectivity index (χ4v) is 1.08. The van der Waals surface area contributed by atoms with Crippen LogP contribution in [0.5, 0.6) is 0 Å². The largest absolute Gasteiger partial charge is 0.462 e. The van der Waals surface area contributed by atoms with Crippen molar-refractivity contribution in [2.45, 2.75) is 18.6 Å². The van der Waals surface area contributed by atoms with Crippen molar-refractivity contribution in [1.29, 1.82) is 0 Å². The number of hydrogen-bond acceptors (Lipinski definition) is 3. The van der Waals surface area contributed by atoms with E-state index in [1.54, 1.807) is 6.92 Å². The monoisotopic (exact) mass is 164 g/mol. The molecule has 0 aliphatic rings. The standard InChI is InChI=1S/C5H8O4S/c1-2-5(3-4-6)10(7,8)9/h5-6H,2H2,1H3,(H,7,8,9). The number of rotatable bonds is 2. The summed E-state index contributed by atoms with van der Waals surface area (Å²) in [6, 6.07) is 0. The molecule has 0 saturated heterocycles. The van der Waals surface area contributed by atoms with E-state index in [4.69, 9.17) is 9.66 Å². The summed E-state index contributed by atoms with van der Waals surface area (Å²) >= 11 is 0. The van der Waals surface area contributed by atoms with Gasteiger partial charge in [0.2, 0.25) is 0 Å². The van der Waals surface area contributed by atoms with Gasteiger partial charge in [-0.25, -0.2) is 0 Å². The van der Waals surface area contributed by atoms with E-state index in [-0.39, 0.29) is 6.42 Å². The first-order chi connectivity index (χ1) is 4.52. The maximum Gasteiger partial charge on any atom is 0.279 e. The fourth-order valence-electron chi connectivity index (χ4n) is 0.459. The molecule has 0 aromatic carbocycles. The lowest BCUT2D eigenvalue weighted by molar-refractivity contribution is 0.473. The van der Waals surface area contributed by atoms with Crippen LogP contribution in [-0.2, 0) is 10.1 Å². The highest BCUT2D eigenvalue weighted by Gasteiger charge is 2.17. The summed E-state index contributed by atoms with van der Waals surface area (Å²) in [7, 11) is -4.11. The molecule has 0 heterocycles. The van der Waals surface area contributed by atoms with Crippen LogP contribution in [0.3, 0.4) is 0 Å². The average Bonchev–Trinajstić information content (AvgIpc) is 1.80. The van der Waals surface area contributed by atoms with Gasteiger partial charge in [-0.3, -0.25) is 4.55 Å². The van der Waals surface area contributed by atoms with E-state index in [9.17, 15) is 8.42 Å². The Bertz CT molecular complexity index is 243. The first-order valence-electron chi connectivity index (χ1n) is 2.63. The van der Waals surface area contributed by atoms with Gasteiger partial charge in [-0.15, -0.1) is 0 Å². The van der Waals surface area contributed by atoms with Gasteiger partial charge in [0.05, 0.1) is 0 Å². The van der Waals surface area contributed by atoms with Gasteiger partial charge in [0, 0.05) is 0 Å². The smallest absolute Gasteiger partial charge is 0.279 e. The zero-order chi connectivity index (χ0) is 8.20. The summed E-state index contributed by atoms with van der Waals surface area (Å²) in [6.45, 7) is 1.54. The SMILES string of the molecule is CCC(C#CO)S(=O)(=O)O. The summed E-state index contributed by atoms with van der Waals surface area (Å²) in [5.74, 6) is 1.94. The van der Waals surface area contributed by atoms with E-state index in [0.717, 1.165) is 0 Å². The van der Waals surface area contributed by atoms with E-state index in [2.05, 4.69) is 0 Å². The minimum Gasteiger partial charge on any atom is -0.462 e. The third kappa shape index (κ3) is 2.71. The molecule has 0 saturated carbocycles. The van der Waals surface area contributed by atoms with Crippen LogP contribution in [-0.4, -0.2) is 23.3 Å². The lowest BCUT2D eigenvalue weighted by Crippen LogP contribution is -2.17. The second kappa shape index (κ2) is 3.44. The van der Waals surface area contributed by atoms with E-state index in [1.165, 1.54) is 6.11 Å². The Kier molecular flexibility index (Phi) is 3.19. The molecule has 0 aliphatic carbocycles. The molecular formula is C5H8O4S. The molecule has 0 rings (SSSR count). The maximum absolute atomic E-state index is 10.3. The molecule has 4 nitrogen and oxygen atoms in total. The zero-order valence-electron chi connectivity index (χ0n) is 5.40. The van der Waals surface area contributed by atoms with Gasteiger partial charge < -0.3 is 5.11 Å². The van der Waals surface area contributed by atoms with Crippen molar-refractivity contribution >= 4 is 10.1 Å². The minimum atomic E-state index is -4.11. The van der Waals surface area contributed by atoms with Crippen LogP contribution in [0.25, 0.3) is 0 Å². The van der Waals surface area contributed by atoms with Gasteiger partial charge in [-0.1, -0.05) is 6.92 Å². The highest BCUT2D eigenvalue weighted by molar-refractivity contribution is 7.86. The third-order valence-electron chi connectivity index (χ3n) is 0.956. The Hall–Kier alpha value is -0.730. The van der Waals surface area contributed by atoms with E-state index < -0.39 is 15.4 Å². The van der Waals surface area contributed by atoms with Crippen LogP contribution < -0.4 is 0 Å². The molecular weight excluding hydrogens is 156 g/mol. The predicted octanol–water partition coefficient (Wildman–Crippen LogP) is -0.0138. The second-order valence-electron chi connectivity index (χ2n) is 1.67. The maximum atomic E-state index is 10.3. The number of aliphatic hydroxyl groups excluding tert-OH is 1. The Morgan fingerprint density at radius 3 is 2.20 bits per heavy atom. The molecule has 10 heavy (non-hydrogen) atoms. The van der Waals surface area contributed by atoms with Crippen molar-refractivity contribution in [3.63, 3.8) is 0 Å². The van der Waals surface area contributed by atoms with Crippen LogP contribution in [0.4, 0.5) is 0 Å². The van der Waals surface area contributed by atoms with Crippen molar-refractivity contribution in [3.8, 4) is 12.0 Å². The van der Waals surface area contributed by atoms with Gasteiger partial charge >= 0.3 is 0 Å². The molecule has 0 fully saturated rings. The predicted molar refractivity (Wildman–Crippen MR) is 35.3 cm³/mol. The van der Waals surface area contributed by atoms with Gasteiger partial charge in [0.1, 0.15) is 11.4 Å². The van der Waals surface area contributed by atoms with Gasteiger partial charge in [-0.2, -0.15) is 8.42 Å². The van der Waals surface area contributed by atoms with Gasteiger partial charge in [-0.05, 0) is 12.3 Å². The number of hydrogen-bond donors (Lipinski definition) is 2. The molecule has 0 spiro atoms. The van der Waals surface area contributed by atoms with Crippen molar-refractivity contribution in [2.24, 2.45) is 0 Å². The van der Waals surface area contributed by atoms with Crippen LogP contribution in [0.2, 0.25) is 0 Å². The lowest BCUT2D eigenvalue weighted by Gasteiger charge is -2.00.